The van der Waals surface area contributed by atoms with Gasteiger partial charge in [0.2, 0.25) is 6.43 Å². The first-order chi connectivity index (χ1) is 7.41. The Kier molecular flexibility index (Phi) is 4.06. The molecule has 1 aromatic rings. The number of aliphatic carboxylic acids is 1. The van der Waals surface area contributed by atoms with Crippen LogP contribution in [0.2, 0.25) is 5.02 Å². The van der Waals surface area contributed by atoms with E-state index in [9.17, 15) is 18.7 Å². The second kappa shape index (κ2) is 5.12. The van der Waals surface area contributed by atoms with E-state index in [1.807, 2.05) is 0 Å². The lowest BCUT2D eigenvalue weighted by atomic mass is 9.95. The molecule has 0 fully saturated rings. The van der Waals surface area contributed by atoms with Gasteiger partial charge in [-0.15, -0.1) is 0 Å². The molecule has 1 rings (SSSR count). The number of phenolic OH excluding ortho intramolecular Hbond substituents is 1. The van der Waals surface area contributed by atoms with Crippen LogP contribution in [-0.4, -0.2) is 22.6 Å². The molecule has 0 saturated heterocycles. The van der Waals surface area contributed by atoms with Gasteiger partial charge in [-0.05, 0) is 12.1 Å². The molecule has 0 saturated carbocycles. The van der Waals surface area contributed by atoms with E-state index in [2.05, 4.69) is 0 Å². The zero-order chi connectivity index (χ0) is 12.3. The number of carboxylic acids is 1. The maximum atomic E-state index is 12.6. The third-order valence-corrected chi connectivity index (χ3v) is 2.33. The lowest BCUT2D eigenvalue weighted by molar-refractivity contribution is -0.138. The van der Waals surface area contributed by atoms with Gasteiger partial charge in [-0.1, -0.05) is 17.7 Å². The summed E-state index contributed by atoms with van der Waals surface area (Å²) in [5, 5.41) is 18.1. The van der Waals surface area contributed by atoms with Gasteiger partial charge in [-0.3, -0.25) is 4.79 Å². The van der Waals surface area contributed by atoms with Gasteiger partial charge >= 0.3 is 5.97 Å². The number of hydrogen-bond donors (Lipinski definition) is 2. The summed E-state index contributed by atoms with van der Waals surface area (Å²) in [4.78, 5) is 10.4. The fraction of sp³-hybridized carbons (Fsp3) is 0.300. The normalized spacial score (nSPS) is 12.8. The van der Waals surface area contributed by atoms with E-state index in [0.717, 1.165) is 6.07 Å². The molecule has 0 amide bonds. The van der Waals surface area contributed by atoms with Crippen molar-refractivity contribution in [2.75, 3.05) is 0 Å². The number of benzene rings is 1. The van der Waals surface area contributed by atoms with Crippen molar-refractivity contribution in [2.24, 2.45) is 0 Å². The summed E-state index contributed by atoms with van der Waals surface area (Å²) in [6.07, 6.45) is -3.60. The van der Waals surface area contributed by atoms with Gasteiger partial charge in [0.05, 0.1) is 12.3 Å². The minimum absolute atomic E-state index is 0.109. The molecule has 0 aromatic heterocycles. The van der Waals surface area contributed by atoms with Crippen molar-refractivity contribution in [3.63, 3.8) is 0 Å². The van der Waals surface area contributed by atoms with Crippen LogP contribution in [-0.2, 0) is 4.79 Å². The highest BCUT2D eigenvalue weighted by atomic mass is 35.5. The smallest absolute Gasteiger partial charge is 0.304 e. The van der Waals surface area contributed by atoms with E-state index in [-0.39, 0.29) is 10.6 Å². The van der Waals surface area contributed by atoms with Crippen LogP contribution in [0.25, 0.3) is 0 Å². The van der Waals surface area contributed by atoms with Gasteiger partial charge < -0.3 is 10.2 Å². The zero-order valence-corrected chi connectivity index (χ0v) is 8.79. The number of alkyl halides is 2. The number of carboxylic acid groups (broad SMARTS) is 1. The molecule has 88 valence electrons. The molecule has 0 aliphatic carbocycles. The number of hydrogen-bond acceptors (Lipinski definition) is 2. The molecule has 0 spiro atoms. The van der Waals surface area contributed by atoms with Crippen LogP contribution in [0.5, 0.6) is 5.75 Å². The number of halogens is 3. The highest BCUT2D eigenvalue weighted by Gasteiger charge is 2.27. The van der Waals surface area contributed by atoms with Gasteiger partial charge in [0.25, 0.3) is 0 Å². The van der Waals surface area contributed by atoms with Crippen molar-refractivity contribution in [2.45, 2.75) is 18.8 Å². The average Bonchev–Trinajstić information content (AvgIpc) is 2.14. The number of rotatable bonds is 4. The quantitative estimate of drug-likeness (QED) is 0.864. The van der Waals surface area contributed by atoms with Crippen LogP contribution in [0.4, 0.5) is 8.78 Å². The lowest BCUT2D eigenvalue weighted by Gasteiger charge is -2.15. The molecule has 2 N–H and O–H groups in total. The summed E-state index contributed by atoms with van der Waals surface area (Å²) in [6.45, 7) is 0. The van der Waals surface area contributed by atoms with Crippen molar-refractivity contribution >= 4 is 17.6 Å². The molecule has 0 bridgehead atoms. The molecule has 1 atom stereocenters. The van der Waals surface area contributed by atoms with Crippen LogP contribution >= 0.6 is 11.6 Å². The third kappa shape index (κ3) is 3.06. The van der Waals surface area contributed by atoms with Gasteiger partial charge in [0.15, 0.2) is 0 Å². The minimum Gasteiger partial charge on any atom is -0.508 e. The molecule has 0 aliphatic rings. The van der Waals surface area contributed by atoms with Crippen molar-refractivity contribution < 1.29 is 23.8 Å². The molecule has 1 aromatic carbocycles. The van der Waals surface area contributed by atoms with Gasteiger partial charge in [0.1, 0.15) is 5.75 Å². The first-order valence-corrected chi connectivity index (χ1v) is 4.78. The summed E-state index contributed by atoms with van der Waals surface area (Å²) in [5.74, 6) is -3.30. The number of carbonyl (C=O) groups is 1. The lowest BCUT2D eigenvalue weighted by Crippen LogP contribution is -2.14. The molecule has 0 heterocycles. The molecule has 3 nitrogen and oxygen atoms in total. The van der Waals surface area contributed by atoms with Crippen LogP contribution in [0, 0.1) is 0 Å². The standard InChI is InChI=1S/C10H9ClF2O3/c11-5-1-2-6(8(14)3-5)7(10(12)13)4-9(15)16/h1-3,7,10,14H,4H2,(H,15,16). The van der Waals surface area contributed by atoms with Crippen molar-refractivity contribution in [3.05, 3.63) is 28.8 Å². The maximum Gasteiger partial charge on any atom is 0.304 e. The molecule has 6 heteroatoms. The highest BCUT2D eigenvalue weighted by Crippen LogP contribution is 2.34. The van der Waals surface area contributed by atoms with Crippen LogP contribution in [0.3, 0.4) is 0 Å². The van der Waals surface area contributed by atoms with Crippen LogP contribution in [0.1, 0.15) is 17.9 Å². The zero-order valence-electron chi connectivity index (χ0n) is 8.03. The molecule has 0 aliphatic heterocycles. The Morgan fingerprint density at radius 3 is 2.50 bits per heavy atom. The summed E-state index contributed by atoms with van der Waals surface area (Å²) >= 11 is 5.54. The van der Waals surface area contributed by atoms with E-state index in [1.54, 1.807) is 0 Å². The summed E-state index contributed by atoms with van der Waals surface area (Å²) in [5.41, 5.74) is -0.109. The first kappa shape index (κ1) is 12.7. The third-order valence-electron chi connectivity index (χ3n) is 2.09. The van der Waals surface area contributed by atoms with E-state index in [1.165, 1.54) is 12.1 Å². The summed E-state index contributed by atoms with van der Waals surface area (Å²) in [6, 6.07) is 3.64. The van der Waals surface area contributed by atoms with Crippen LogP contribution < -0.4 is 0 Å². The second-order valence-corrected chi connectivity index (χ2v) is 3.68. The number of aromatic hydroxyl groups is 1. The molecule has 16 heavy (non-hydrogen) atoms. The maximum absolute atomic E-state index is 12.6. The number of phenols is 1. The minimum atomic E-state index is -2.86. The Morgan fingerprint density at radius 1 is 1.44 bits per heavy atom. The Labute approximate surface area is 95.3 Å². The fourth-order valence-corrected chi connectivity index (χ4v) is 1.52. The molecular formula is C10H9ClF2O3. The van der Waals surface area contributed by atoms with Gasteiger partial charge in [-0.2, -0.15) is 0 Å². The summed E-state index contributed by atoms with van der Waals surface area (Å²) in [7, 11) is 0. The van der Waals surface area contributed by atoms with E-state index in [4.69, 9.17) is 16.7 Å². The second-order valence-electron chi connectivity index (χ2n) is 3.24. The van der Waals surface area contributed by atoms with Crippen LogP contribution in [0.15, 0.2) is 18.2 Å². The molecule has 1 unspecified atom stereocenters. The van der Waals surface area contributed by atoms with Gasteiger partial charge in [0, 0.05) is 10.6 Å². The summed E-state index contributed by atoms with van der Waals surface area (Å²) < 4.78 is 25.2. The molecular weight excluding hydrogens is 242 g/mol. The van der Waals surface area contributed by atoms with Gasteiger partial charge in [-0.25, -0.2) is 8.78 Å². The van der Waals surface area contributed by atoms with E-state index < -0.39 is 30.5 Å². The largest absolute Gasteiger partial charge is 0.508 e. The fourth-order valence-electron chi connectivity index (χ4n) is 1.35. The van der Waals surface area contributed by atoms with Crippen molar-refractivity contribution in [1.82, 2.24) is 0 Å². The van der Waals surface area contributed by atoms with Crippen molar-refractivity contribution in [1.29, 1.82) is 0 Å². The monoisotopic (exact) mass is 250 g/mol. The Morgan fingerprint density at radius 2 is 2.06 bits per heavy atom. The first-order valence-electron chi connectivity index (χ1n) is 4.40. The highest BCUT2D eigenvalue weighted by molar-refractivity contribution is 6.30. The van der Waals surface area contributed by atoms with Crippen molar-refractivity contribution in [3.8, 4) is 5.75 Å². The topological polar surface area (TPSA) is 57.5 Å². The molecule has 0 radical (unpaired) electrons. The predicted octanol–water partition coefficient (Wildman–Crippen LogP) is 2.87. The van der Waals surface area contributed by atoms with E-state index in [0.29, 0.717) is 0 Å². The Hall–Kier alpha value is -1.36. The van der Waals surface area contributed by atoms with E-state index >= 15 is 0 Å². The SMILES string of the molecule is O=C(O)CC(c1ccc(Cl)cc1O)C(F)F. The average molecular weight is 251 g/mol. The Balaban J connectivity index is 3.05. The Bertz CT molecular complexity index is 396. The predicted molar refractivity (Wildman–Crippen MR) is 54.1 cm³/mol.